The first-order chi connectivity index (χ1) is 11.1. The van der Waals surface area contributed by atoms with E-state index in [9.17, 15) is 0 Å². The van der Waals surface area contributed by atoms with Crippen LogP contribution in [-0.4, -0.2) is 37.3 Å². The molecule has 0 saturated carbocycles. The monoisotopic (exact) mass is 315 g/mol. The third kappa shape index (κ3) is 3.33. The highest BCUT2D eigenvalue weighted by Crippen LogP contribution is 2.24. The highest BCUT2D eigenvalue weighted by molar-refractivity contribution is 6.14. The molecule has 0 amide bonds. The first-order valence-electron chi connectivity index (χ1n) is 8.32. The molecule has 0 aromatic heterocycles. The lowest BCUT2D eigenvalue weighted by Crippen LogP contribution is -2.37. The molecule has 124 valence electrons. The Bertz CT molecular complexity index is 562. The van der Waals surface area contributed by atoms with Gasteiger partial charge in [0.15, 0.2) is 0 Å². The molecular formula is C18H25N3O2. The molecule has 2 unspecified atom stereocenters. The maximum atomic E-state index is 5.87. The van der Waals surface area contributed by atoms with E-state index in [1.165, 1.54) is 0 Å². The molecule has 5 nitrogen and oxygen atoms in total. The van der Waals surface area contributed by atoms with Gasteiger partial charge < -0.3 is 9.47 Å². The Balaban J connectivity index is 1.93. The van der Waals surface area contributed by atoms with Gasteiger partial charge in [0.2, 0.25) is 0 Å². The number of aliphatic imine (C=N–C) groups is 2. The Morgan fingerprint density at radius 2 is 1.35 bits per heavy atom. The Morgan fingerprint density at radius 1 is 0.870 bits per heavy atom. The molecule has 0 N–H and O–H groups in total. The molecule has 5 heteroatoms. The molecule has 0 aliphatic carbocycles. The van der Waals surface area contributed by atoms with Crippen molar-refractivity contribution in [3.63, 3.8) is 0 Å². The molecule has 2 aliphatic rings. The minimum atomic E-state index is 0.180. The molecule has 23 heavy (non-hydrogen) atoms. The van der Waals surface area contributed by atoms with E-state index in [0.29, 0.717) is 37.1 Å². The van der Waals surface area contributed by atoms with Crippen LogP contribution in [0.1, 0.15) is 27.7 Å². The zero-order valence-electron chi connectivity index (χ0n) is 14.3. The lowest BCUT2D eigenvalue weighted by Gasteiger charge is -2.21. The van der Waals surface area contributed by atoms with Gasteiger partial charge in [0.25, 0.3) is 0 Å². The number of hydrogen-bond donors (Lipinski definition) is 0. The van der Waals surface area contributed by atoms with Gasteiger partial charge in [-0.05, 0) is 24.0 Å². The zero-order chi connectivity index (χ0) is 16.4. The summed E-state index contributed by atoms with van der Waals surface area (Å²) in [5.41, 5.74) is 0.957. The summed E-state index contributed by atoms with van der Waals surface area (Å²) in [6.45, 7) is 9.85. The molecule has 3 rings (SSSR count). The van der Waals surface area contributed by atoms with E-state index in [4.69, 9.17) is 19.5 Å². The van der Waals surface area contributed by atoms with E-state index in [2.05, 4.69) is 27.7 Å². The summed E-state index contributed by atoms with van der Waals surface area (Å²) in [5, 5.41) is 0. The molecule has 2 heterocycles. The van der Waals surface area contributed by atoms with Gasteiger partial charge in [0.05, 0.1) is 17.8 Å². The van der Waals surface area contributed by atoms with Crippen LogP contribution in [0.2, 0.25) is 0 Å². The molecule has 2 atom stereocenters. The topological polar surface area (TPSA) is 46.4 Å². The molecular weight excluding hydrogens is 290 g/mol. The average Bonchev–Trinajstić information content (AvgIpc) is 3.19. The largest absolute Gasteiger partial charge is 0.462 e. The average molecular weight is 315 g/mol. The van der Waals surface area contributed by atoms with Crippen LogP contribution in [0.15, 0.2) is 40.3 Å². The number of rotatable bonds is 3. The second kappa shape index (κ2) is 6.60. The molecule has 0 fully saturated rings. The third-order valence-electron chi connectivity index (χ3n) is 4.25. The summed E-state index contributed by atoms with van der Waals surface area (Å²) >= 11 is 0. The number of anilines is 1. The summed E-state index contributed by atoms with van der Waals surface area (Å²) in [5.74, 6) is 0.889. The molecule has 2 aliphatic heterocycles. The lowest BCUT2D eigenvalue weighted by molar-refractivity contribution is 0.277. The Kier molecular flexibility index (Phi) is 4.55. The van der Waals surface area contributed by atoms with Crippen molar-refractivity contribution in [1.29, 1.82) is 0 Å². The number of para-hydroxylation sites is 1. The maximum absolute atomic E-state index is 5.87. The van der Waals surface area contributed by atoms with E-state index in [1.807, 2.05) is 35.2 Å². The van der Waals surface area contributed by atoms with Gasteiger partial charge in [-0.3, -0.25) is 0 Å². The van der Waals surface area contributed by atoms with Crippen LogP contribution in [-0.2, 0) is 9.47 Å². The van der Waals surface area contributed by atoms with Crippen molar-refractivity contribution in [3.8, 4) is 0 Å². The smallest absolute Gasteiger partial charge is 0.300 e. The highest BCUT2D eigenvalue weighted by Gasteiger charge is 2.34. The van der Waals surface area contributed by atoms with Crippen molar-refractivity contribution in [1.82, 2.24) is 0 Å². The number of amidine groups is 2. The second-order valence-electron chi connectivity index (χ2n) is 6.74. The van der Waals surface area contributed by atoms with Gasteiger partial charge in [0.1, 0.15) is 13.2 Å². The van der Waals surface area contributed by atoms with Gasteiger partial charge in [-0.25, -0.2) is 14.9 Å². The van der Waals surface area contributed by atoms with Crippen molar-refractivity contribution in [2.75, 3.05) is 18.1 Å². The molecule has 0 saturated heterocycles. The molecule has 1 aromatic carbocycles. The third-order valence-corrected chi connectivity index (χ3v) is 4.25. The van der Waals surface area contributed by atoms with Gasteiger partial charge in [-0.1, -0.05) is 45.9 Å². The van der Waals surface area contributed by atoms with Gasteiger partial charge in [0, 0.05) is 0 Å². The van der Waals surface area contributed by atoms with Crippen molar-refractivity contribution < 1.29 is 9.47 Å². The van der Waals surface area contributed by atoms with Crippen molar-refractivity contribution in [3.05, 3.63) is 30.3 Å². The van der Waals surface area contributed by atoms with Crippen LogP contribution >= 0.6 is 0 Å². The maximum Gasteiger partial charge on any atom is 0.300 e. The predicted molar refractivity (Wildman–Crippen MR) is 92.9 cm³/mol. The van der Waals surface area contributed by atoms with Gasteiger partial charge in [-0.2, -0.15) is 0 Å². The van der Waals surface area contributed by atoms with E-state index >= 15 is 0 Å². The van der Waals surface area contributed by atoms with Crippen molar-refractivity contribution in [2.24, 2.45) is 21.8 Å². The Morgan fingerprint density at radius 3 is 1.74 bits per heavy atom. The fraction of sp³-hybridized carbons (Fsp3) is 0.556. The SMILES string of the molecule is CC(C)C1COC(N(C2=NC(C(C)C)CO2)c2ccccc2)=N1. The van der Waals surface area contributed by atoms with Crippen molar-refractivity contribution in [2.45, 2.75) is 39.8 Å². The second-order valence-corrected chi connectivity index (χ2v) is 6.74. The standard InChI is InChI=1S/C18H25N3O2/c1-12(2)15-10-22-17(19-15)21(14-8-6-5-7-9-14)18-20-16(11-23-18)13(3)4/h5-9,12-13,15-16H,10-11H2,1-4H3. The van der Waals surface area contributed by atoms with Crippen LogP contribution in [0.3, 0.4) is 0 Å². The highest BCUT2D eigenvalue weighted by atomic mass is 16.5. The van der Waals surface area contributed by atoms with Crippen LogP contribution < -0.4 is 4.90 Å². The number of nitrogens with zero attached hydrogens (tertiary/aromatic N) is 3. The van der Waals surface area contributed by atoms with E-state index in [-0.39, 0.29) is 12.1 Å². The Labute approximate surface area is 138 Å². The first-order valence-corrected chi connectivity index (χ1v) is 8.32. The fourth-order valence-corrected chi connectivity index (χ4v) is 2.56. The predicted octanol–water partition coefficient (Wildman–Crippen LogP) is 3.31. The van der Waals surface area contributed by atoms with Crippen LogP contribution in [0, 0.1) is 11.8 Å². The summed E-state index contributed by atoms with van der Waals surface area (Å²) in [7, 11) is 0. The van der Waals surface area contributed by atoms with E-state index in [1.54, 1.807) is 0 Å². The number of ether oxygens (including phenoxy) is 2. The summed E-state index contributed by atoms with van der Waals surface area (Å²) < 4.78 is 11.7. The molecule has 1 aromatic rings. The van der Waals surface area contributed by atoms with Gasteiger partial charge in [-0.15, -0.1) is 0 Å². The summed E-state index contributed by atoms with van der Waals surface area (Å²) in [6.07, 6.45) is 0. The quantitative estimate of drug-likeness (QED) is 0.859. The first kappa shape index (κ1) is 15.8. The normalized spacial score (nSPS) is 23.6. The lowest BCUT2D eigenvalue weighted by atomic mass is 10.1. The summed E-state index contributed by atoms with van der Waals surface area (Å²) in [6, 6.07) is 11.5. The van der Waals surface area contributed by atoms with Crippen LogP contribution in [0.5, 0.6) is 0 Å². The van der Waals surface area contributed by atoms with E-state index in [0.717, 1.165) is 5.69 Å². The Hall–Kier alpha value is -2.04. The van der Waals surface area contributed by atoms with Crippen LogP contribution in [0.4, 0.5) is 5.69 Å². The van der Waals surface area contributed by atoms with Crippen LogP contribution in [0.25, 0.3) is 0 Å². The number of benzene rings is 1. The summed E-state index contributed by atoms with van der Waals surface area (Å²) in [4.78, 5) is 11.4. The number of hydrogen-bond acceptors (Lipinski definition) is 5. The minimum Gasteiger partial charge on any atom is -0.462 e. The van der Waals surface area contributed by atoms with Crippen molar-refractivity contribution >= 4 is 17.7 Å². The molecule has 0 bridgehead atoms. The molecule has 0 radical (unpaired) electrons. The zero-order valence-corrected chi connectivity index (χ0v) is 14.3. The fourth-order valence-electron chi connectivity index (χ4n) is 2.56. The van der Waals surface area contributed by atoms with Gasteiger partial charge >= 0.3 is 12.0 Å². The van der Waals surface area contributed by atoms with E-state index < -0.39 is 0 Å². The molecule has 0 spiro atoms. The minimum absolute atomic E-state index is 0.180.